The number of aryl methyl sites for hydroxylation is 1. The van der Waals surface area contributed by atoms with E-state index in [4.69, 9.17) is 5.41 Å². The van der Waals surface area contributed by atoms with Crippen LogP contribution in [0.15, 0.2) is 12.1 Å². The minimum absolute atomic E-state index is 0.0957. The third kappa shape index (κ3) is 2.22. The van der Waals surface area contributed by atoms with E-state index in [9.17, 15) is 8.78 Å². The fourth-order valence-electron chi connectivity index (χ4n) is 1.44. The molecule has 0 spiro atoms. The Kier molecular flexibility index (Phi) is 3.56. The van der Waals surface area contributed by atoms with Gasteiger partial charge in [0.1, 0.15) is 0 Å². The van der Waals surface area contributed by atoms with Crippen LogP contribution in [0.25, 0.3) is 0 Å². The van der Waals surface area contributed by atoms with Crippen molar-refractivity contribution in [3.05, 3.63) is 34.9 Å². The Hall–Kier alpha value is -1.25. The molecule has 3 heteroatoms. The fourth-order valence-corrected chi connectivity index (χ4v) is 1.44. The van der Waals surface area contributed by atoms with Crippen molar-refractivity contribution in [3.63, 3.8) is 0 Å². The summed E-state index contributed by atoms with van der Waals surface area (Å²) < 4.78 is 26.8. The van der Waals surface area contributed by atoms with Crippen LogP contribution in [0.1, 0.15) is 30.9 Å². The highest BCUT2D eigenvalue weighted by Gasteiger charge is 2.19. The van der Waals surface area contributed by atoms with Gasteiger partial charge in [-0.15, -0.1) is 0 Å². The first-order valence-corrected chi connectivity index (χ1v) is 4.94. The largest absolute Gasteiger partial charge is 0.313 e. The molecule has 0 heterocycles. The van der Waals surface area contributed by atoms with Crippen molar-refractivity contribution in [3.8, 4) is 0 Å². The highest BCUT2D eigenvalue weighted by molar-refractivity contribution is 5.58. The molecule has 0 bridgehead atoms. The Morgan fingerprint density at radius 1 is 1.20 bits per heavy atom. The molecule has 1 nitrogen and oxygen atoms in total. The first-order valence-electron chi connectivity index (χ1n) is 4.94. The molecule has 1 rings (SSSR count). The molecule has 0 saturated heterocycles. The molecular weight excluding hydrogens is 196 g/mol. The molecule has 82 valence electrons. The van der Waals surface area contributed by atoms with Crippen LogP contribution in [0.2, 0.25) is 0 Å². The Bertz CT molecular complexity index is 374. The van der Waals surface area contributed by atoms with Crippen molar-refractivity contribution >= 4 is 6.21 Å². The summed E-state index contributed by atoms with van der Waals surface area (Å²) in [5.41, 5.74) is 0.653. The van der Waals surface area contributed by atoms with Crippen molar-refractivity contribution in [2.75, 3.05) is 0 Å². The van der Waals surface area contributed by atoms with Crippen LogP contribution in [0.4, 0.5) is 8.78 Å². The molecule has 1 N–H and O–H groups in total. The second-order valence-electron chi connectivity index (χ2n) is 3.91. The zero-order valence-corrected chi connectivity index (χ0v) is 9.14. The second-order valence-corrected chi connectivity index (χ2v) is 3.91. The van der Waals surface area contributed by atoms with Gasteiger partial charge in [0.2, 0.25) is 0 Å². The number of benzene rings is 1. The third-order valence-corrected chi connectivity index (χ3v) is 2.85. The standard InChI is InChI=1S/C12H15F2N/c1-7-4-5-10(12(14)11(7)13)9(3)8(2)6-15/h4-6,8-9,15H,1-3H3. The average Bonchev–Trinajstić information content (AvgIpc) is 2.24. The zero-order chi connectivity index (χ0) is 11.6. The first-order chi connectivity index (χ1) is 6.99. The molecular formula is C12H15F2N. The summed E-state index contributed by atoms with van der Waals surface area (Å²) in [6, 6.07) is 3.17. The van der Waals surface area contributed by atoms with Gasteiger partial charge in [0.15, 0.2) is 11.6 Å². The predicted molar refractivity (Wildman–Crippen MR) is 57.5 cm³/mol. The van der Waals surface area contributed by atoms with E-state index < -0.39 is 11.6 Å². The van der Waals surface area contributed by atoms with Gasteiger partial charge < -0.3 is 5.41 Å². The van der Waals surface area contributed by atoms with E-state index in [0.29, 0.717) is 11.1 Å². The van der Waals surface area contributed by atoms with Gasteiger partial charge >= 0.3 is 0 Å². The van der Waals surface area contributed by atoms with E-state index in [1.165, 1.54) is 13.1 Å². The second kappa shape index (κ2) is 4.51. The monoisotopic (exact) mass is 211 g/mol. The summed E-state index contributed by atoms with van der Waals surface area (Å²) in [6.07, 6.45) is 1.25. The molecule has 0 aliphatic rings. The molecule has 1 aromatic carbocycles. The average molecular weight is 211 g/mol. The lowest BCUT2D eigenvalue weighted by Gasteiger charge is -2.17. The SMILES string of the molecule is Cc1ccc(C(C)C(C)C=N)c(F)c1F. The molecule has 1 aromatic rings. The van der Waals surface area contributed by atoms with Crippen molar-refractivity contribution in [1.29, 1.82) is 5.41 Å². The normalized spacial score (nSPS) is 14.7. The lowest BCUT2D eigenvalue weighted by Crippen LogP contribution is -2.10. The molecule has 2 unspecified atom stereocenters. The van der Waals surface area contributed by atoms with Gasteiger partial charge in [0.05, 0.1) is 0 Å². The predicted octanol–water partition coefficient (Wildman–Crippen LogP) is 3.66. The summed E-state index contributed by atoms with van der Waals surface area (Å²) >= 11 is 0. The molecule has 0 radical (unpaired) electrons. The number of nitrogens with one attached hydrogen (secondary N) is 1. The molecule has 0 fully saturated rings. The maximum atomic E-state index is 13.6. The van der Waals surface area contributed by atoms with Crippen molar-refractivity contribution in [2.24, 2.45) is 5.92 Å². The van der Waals surface area contributed by atoms with Crippen LogP contribution in [-0.4, -0.2) is 6.21 Å². The molecule has 2 atom stereocenters. The topological polar surface area (TPSA) is 23.9 Å². The molecule has 0 amide bonds. The molecule has 15 heavy (non-hydrogen) atoms. The van der Waals surface area contributed by atoms with E-state index in [0.717, 1.165) is 0 Å². The van der Waals surface area contributed by atoms with Crippen LogP contribution in [0, 0.1) is 29.9 Å². The minimum atomic E-state index is -0.781. The lowest BCUT2D eigenvalue weighted by molar-refractivity contribution is 0.476. The van der Waals surface area contributed by atoms with E-state index in [1.54, 1.807) is 19.1 Å². The first kappa shape index (κ1) is 11.8. The molecule has 0 aromatic heterocycles. The maximum Gasteiger partial charge on any atom is 0.162 e. The molecule has 0 saturated carbocycles. The van der Waals surface area contributed by atoms with E-state index >= 15 is 0 Å². The number of halogens is 2. The third-order valence-electron chi connectivity index (χ3n) is 2.85. The van der Waals surface area contributed by atoms with Crippen LogP contribution in [0.5, 0.6) is 0 Å². The highest BCUT2D eigenvalue weighted by Crippen LogP contribution is 2.27. The Morgan fingerprint density at radius 2 is 1.80 bits per heavy atom. The maximum absolute atomic E-state index is 13.6. The van der Waals surface area contributed by atoms with Crippen molar-refractivity contribution < 1.29 is 8.78 Å². The van der Waals surface area contributed by atoms with E-state index in [-0.39, 0.29) is 11.8 Å². The van der Waals surface area contributed by atoms with Gasteiger partial charge in [0.25, 0.3) is 0 Å². The summed E-state index contributed by atoms with van der Waals surface area (Å²) in [4.78, 5) is 0. The number of hydrogen-bond donors (Lipinski definition) is 1. The fraction of sp³-hybridized carbons (Fsp3) is 0.417. The van der Waals surface area contributed by atoms with Gasteiger partial charge in [-0.1, -0.05) is 26.0 Å². The summed E-state index contributed by atoms with van der Waals surface area (Å²) in [5, 5.41) is 7.11. The quantitative estimate of drug-likeness (QED) is 0.738. The van der Waals surface area contributed by atoms with Crippen molar-refractivity contribution in [2.45, 2.75) is 26.7 Å². The Labute approximate surface area is 88.6 Å². The van der Waals surface area contributed by atoms with Gasteiger partial charge in [-0.25, -0.2) is 8.78 Å². The summed E-state index contributed by atoms with van der Waals surface area (Å²) in [7, 11) is 0. The number of rotatable bonds is 3. The Balaban J connectivity index is 3.16. The number of hydrogen-bond acceptors (Lipinski definition) is 1. The molecule has 0 aliphatic carbocycles. The van der Waals surface area contributed by atoms with Crippen LogP contribution < -0.4 is 0 Å². The summed E-state index contributed by atoms with van der Waals surface area (Å²) in [5.74, 6) is -1.84. The van der Waals surface area contributed by atoms with E-state index in [1.807, 2.05) is 6.92 Å². The summed E-state index contributed by atoms with van der Waals surface area (Å²) in [6.45, 7) is 5.14. The van der Waals surface area contributed by atoms with Gasteiger partial charge in [-0.05, 0) is 36.1 Å². The van der Waals surface area contributed by atoms with E-state index in [2.05, 4.69) is 0 Å². The lowest BCUT2D eigenvalue weighted by atomic mass is 9.89. The minimum Gasteiger partial charge on any atom is -0.313 e. The van der Waals surface area contributed by atoms with Gasteiger partial charge in [-0.3, -0.25) is 0 Å². The highest BCUT2D eigenvalue weighted by atomic mass is 19.2. The Morgan fingerprint density at radius 3 is 2.33 bits per heavy atom. The smallest absolute Gasteiger partial charge is 0.162 e. The molecule has 0 aliphatic heterocycles. The van der Waals surface area contributed by atoms with Crippen LogP contribution >= 0.6 is 0 Å². The van der Waals surface area contributed by atoms with Gasteiger partial charge in [-0.2, -0.15) is 0 Å². The van der Waals surface area contributed by atoms with Gasteiger partial charge in [0, 0.05) is 0 Å². The van der Waals surface area contributed by atoms with Crippen LogP contribution in [0.3, 0.4) is 0 Å². The van der Waals surface area contributed by atoms with Crippen molar-refractivity contribution in [1.82, 2.24) is 0 Å². The van der Waals surface area contributed by atoms with Crippen LogP contribution in [-0.2, 0) is 0 Å². The zero-order valence-electron chi connectivity index (χ0n) is 9.14.